The number of aliphatic hydroxyl groups is 2. The largest absolute Gasteiger partial charge is 0.368 e. The summed E-state index contributed by atoms with van der Waals surface area (Å²) >= 11 is 0. The van der Waals surface area contributed by atoms with Crippen molar-refractivity contribution in [1.82, 2.24) is 0 Å². The molecule has 0 aliphatic carbocycles. The number of aliphatic hydroxyl groups excluding tert-OH is 1. The van der Waals surface area contributed by atoms with E-state index in [-0.39, 0.29) is 17.9 Å². The number of carbonyl (C=O) groups is 1. The summed E-state index contributed by atoms with van der Waals surface area (Å²) < 4.78 is 0. The molecule has 5 heteroatoms. The van der Waals surface area contributed by atoms with Crippen LogP contribution in [0, 0.1) is 0 Å². The highest BCUT2D eigenvalue weighted by Crippen LogP contribution is 2.18. The third kappa shape index (κ3) is 2.82. The van der Waals surface area contributed by atoms with E-state index in [4.69, 9.17) is 15.9 Å². The maximum absolute atomic E-state index is 11.2. The fourth-order valence-corrected chi connectivity index (χ4v) is 1.33. The third-order valence-electron chi connectivity index (χ3n) is 2.06. The Morgan fingerprint density at radius 2 is 2.33 bits per heavy atom. The molecule has 0 radical (unpaired) electrons. The van der Waals surface area contributed by atoms with Crippen LogP contribution in [0.1, 0.15) is 13.3 Å². The van der Waals surface area contributed by atoms with Gasteiger partial charge in [-0.15, -0.1) is 0 Å². The molecule has 4 N–H and O–H groups in total. The summed E-state index contributed by atoms with van der Waals surface area (Å²) in [6, 6.07) is -0.595. The predicted octanol–water partition coefficient (Wildman–Crippen LogP) is -0.502. The van der Waals surface area contributed by atoms with Crippen LogP contribution in [0.3, 0.4) is 0 Å². The van der Waals surface area contributed by atoms with Crippen molar-refractivity contribution in [2.24, 2.45) is 10.7 Å². The van der Waals surface area contributed by atoms with Gasteiger partial charge in [0.1, 0.15) is 5.71 Å². The predicted molar refractivity (Wildman–Crippen MR) is 56.2 cm³/mol. The summed E-state index contributed by atoms with van der Waals surface area (Å²) in [5, 5.41) is 17.6. The highest BCUT2D eigenvalue weighted by atomic mass is 16.5. The second-order valence-electron chi connectivity index (χ2n) is 3.43. The smallest absolute Gasteiger partial charge is 0.175 e. The molecule has 82 valence electrons. The van der Waals surface area contributed by atoms with Crippen LogP contribution >= 0.6 is 0 Å². The fraction of sp³-hybridized carbons (Fsp3) is 0.400. The Balaban J connectivity index is 2.97. The molecular weight excluding hydrogens is 196 g/mol. The molecule has 5 nitrogen and oxygen atoms in total. The van der Waals surface area contributed by atoms with Gasteiger partial charge in [0.05, 0.1) is 6.04 Å². The molecule has 0 fully saturated rings. The number of rotatable bonds is 3. The van der Waals surface area contributed by atoms with Crippen LogP contribution in [0.2, 0.25) is 0 Å². The molecule has 1 aliphatic rings. The van der Waals surface area contributed by atoms with Crippen molar-refractivity contribution in [2.45, 2.75) is 25.7 Å². The summed E-state index contributed by atoms with van der Waals surface area (Å²) in [5.41, 5.74) is 6.85. The summed E-state index contributed by atoms with van der Waals surface area (Å²) in [7, 11) is 0. The van der Waals surface area contributed by atoms with E-state index in [1.807, 2.05) is 0 Å². The summed E-state index contributed by atoms with van der Waals surface area (Å²) in [4.78, 5) is 15.2. The van der Waals surface area contributed by atoms with Gasteiger partial charge in [-0.25, -0.2) is 0 Å². The van der Waals surface area contributed by atoms with Gasteiger partial charge in [0.25, 0.3) is 0 Å². The SMILES string of the molecule is C=C1C=C(CC(O)O)N=C(C(C)=O)C1N. The molecule has 0 amide bonds. The maximum atomic E-state index is 11.2. The molecule has 0 saturated carbocycles. The quantitative estimate of drug-likeness (QED) is 0.547. The van der Waals surface area contributed by atoms with E-state index in [1.165, 1.54) is 6.92 Å². The lowest BCUT2D eigenvalue weighted by atomic mass is 9.97. The first-order valence-corrected chi connectivity index (χ1v) is 4.52. The zero-order chi connectivity index (χ0) is 11.6. The van der Waals surface area contributed by atoms with E-state index in [9.17, 15) is 4.79 Å². The number of nitrogens with two attached hydrogens (primary N) is 1. The van der Waals surface area contributed by atoms with Gasteiger partial charge in [-0.3, -0.25) is 9.79 Å². The van der Waals surface area contributed by atoms with Crippen molar-refractivity contribution in [3.63, 3.8) is 0 Å². The third-order valence-corrected chi connectivity index (χ3v) is 2.06. The zero-order valence-electron chi connectivity index (χ0n) is 8.47. The molecule has 0 bridgehead atoms. The Morgan fingerprint density at radius 3 is 2.80 bits per heavy atom. The van der Waals surface area contributed by atoms with Crippen molar-refractivity contribution in [2.75, 3.05) is 0 Å². The molecule has 0 spiro atoms. The Labute approximate surface area is 87.6 Å². The second kappa shape index (κ2) is 4.48. The van der Waals surface area contributed by atoms with Crippen LogP contribution in [0.15, 0.2) is 28.9 Å². The van der Waals surface area contributed by atoms with Crippen molar-refractivity contribution in [1.29, 1.82) is 0 Å². The lowest BCUT2D eigenvalue weighted by Crippen LogP contribution is -2.38. The van der Waals surface area contributed by atoms with E-state index in [0.717, 1.165) is 0 Å². The lowest BCUT2D eigenvalue weighted by molar-refractivity contribution is -0.111. The fourth-order valence-electron chi connectivity index (χ4n) is 1.33. The van der Waals surface area contributed by atoms with E-state index in [2.05, 4.69) is 11.6 Å². The number of hydrogen-bond acceptors (Lipinski definition) is 5. The number of carbonyl (C=O) groups excluding carboxylic acids is 1. The van der Waals surface area contributed by atoms with E-state index in [0.29, 0.717) is 11.3 Å². The molecule has 1 atom stereocenters. The summed E-state index contributed by atoms with van der Waals surface area (Å²) in [6.45, 7) is 5.05. The van der Waals surface area contributed by atoms with Crippen LogP contribution in [0.25, 0.3) is 0 Å². The Morgan fingerprint density at radius 1 is 1.73 bits per heavy atom. The molecule has 0 aromatic heterocycles. The van der Waals surface area contributed by atoms with Gasteiger partial charge >= 0.3 is 0 Å². The average molecular weight is 210 g/mol. The lowest BCUT2D eigenvalue weighted by Gasteiger charge is -2.19. The highest BCUT2D eigenvalue weighted by Gasteiger charge is 2.22. The number of Topliss-reactive ketones (excluding diaryl/α,β-unsaturated/α-hetero) is 1. The zero-order valence-corrected chi connectivity index (χ0v) is 8.47. The minimum Gasteiger partial charge on any atom is -0.368 e. The number of hydrogen-bond donors (Lipinski definition) is 3. The standard InChI is InChI=1S/C10H14N2O3/c1-5-3-7(4-8(14)15)12-10(6(2)13)9(5)11/h3,8-9,14-15H,1,4,11H2,2H3. The molecule has 0 saturated heterocycles. The molecule has 1 heterocycles. The molecule has 1 unspecified atom stereocenters. The first-order valence-electron chi connectivity index (χ1n) is 4.52. The van der Waals surface area contributed by atoms with E-state index >= 15 is 0 Å². The van der Waals surface area contributed by atoms with Crippen LogP contribution in [-0.4, -0.2) is 34.0 Å². The summed E-state index contributed by atoms with van der Waals surface area (Å²) in [6.07, 6.45) is 0.0364. The first kappa shape index (κ1) is 11.8. The van der Waals surface area contributed by atoms with Gasteiger partial charge in [0.15, 0.2) is 12.1 Å². The van der Waals surface area contributed by atoms with Gasteiger partial charge in [-0.1, -0.05) is 6.58 Å². The van der Waals surface area contributed by atoms with Crippen molar-refractivity contribution >= 4 is 11.5 Å². The second-order valence-corrected chi connectivity index (χ2v) is 3.43. The first-order chi connectivity index (χ1) is 6.91. The molecule has 15 heavy (non-hydrogen) atoms. The van der Waals surface area contributed by atoms with Crippen molar-refractivity contribution < 1.29 is 15.0 Å². The van der Waals surface area contributed by atoms with Crippen molar-refractivity contribution in [3.05, 3.63) is 23.9 Å². The van der Waals surface area contributed by atoms with Crippen LogP contribution in [0.4, 0.5) is 0 Å². The minimum atomic E-state index is -1.49. The highest BCUT2D eigenvalue weighted by molar-refractivity contribution is 6.42. The monoisotopic (exact) mass is 210 g/mol. The van der Waals surface area contributed by atoms with Crippen molar-refractivity contribution in [3.8, 4) is 0 Å². The molecular formula is C10H14N2O3. The number of aliphatic imine (C=N–C) groups is 1. The summed E-state index contributed by atoms with van der Waals surface area (Å²) in [5.74, 6) is -0.235. The maximum Gasteiger partial charge on any atom is 0.175 e. The normalized spacial score (nSPS) is 21.4. The number of ketones is 1. The molecule has 0 aromatic rings. The topological polar surface area (TPSA) is 95.9 Å². The molecule has 1 rings (SSSR count). The van der Waals surface area contributed by atoms with E-state index < -0.39 is 12.3 Å². The number of nitrogens with zero attached hydrogens (tertiary/aromatic N) is 1. The minimum absolute atomic E-state index is 0.0392. The van der Waals surface area contributed by atoms with Gasteiger partial charge in [0.2, 0.25) is 0 Å². The average Bonchev–Trinajstić information content (AvgIpc) is 2.09. The van der Waals surface area contributed by atoms with E-state index in [1.54, 1.807) is 6.08 Å². The molecule has 1 aliphatic heterocycles. The van der Waals surface area contributed by atoms with Gasteiger partial charge < -0.3 is 15.9 Å². The van der Waals surface area contributed by atoms with Gasteiger partial charge in [-0.2, -0.15) is 0 Å². The molecule has 0 aromatic carbocycles. The van der Waals surface area contributed by atoms with Gasteiger partial charge in [-0.05, 0) is 11.6 Å². The van der Waals surface area contributed by atoms with Crippen LogP contribution in [0.5, 0.6) is 0 Å². The Kier molecular flexibility index (Phi) is 3.52. The van der Waals surface area contributed by atoms with Crippen LogP contribution < -0.4 is 5.73 Å². The van der Waals surface area contributed by atoms with Crippen LogP contribution in [-0.2, 0) is 4.79 Å². The van der Waals surface area contributed by atoms with Gasteiger partial charge in [0, 0.05) is 19.0 Å². The Bertz CT molecular complexity index is 356. The Hall–Kier alpha value is -1.30.